The number of hydrogen-bond acceptors (Lipinski definition) is 5. The molecule has 26 heavy (non-hydrogen) atoms. The van der Waals surface area contributed by atoms with Crippen LogP contribution in [0.4, 0.5) is 5.69 Å². The molecule has 0 bridgehead atoms. The number of rotatable bonds is 6. The smallest absolute Gasteiger partial charge is 0.190 e. The number of ether oxygens (including phenoxy) is 2. The van der Waals surface area contributed by atoms with Gasteiger partial charge in [0, 0.05) is 23.6 Å². The molecule has 3 rings (SSSR count). The van der Waals surface area contributed by atoms with Crippen LogP contribution in [0.2, 0.25) is 0 Å². The van der Waals surface area contributed by atoms with E-state index in [-0.39, 0.29) is 5.75 Å². The number of phenolic OH excluding ortho intramolecular Hbond substituents is 1. The van der Waals surface area contributed by atoms with Crippen LogP contribution in [-0.2, 0) is 6.54 Å². The molecule has 0 aliphatic heterocycles. The zero-order valence-corrected chi connectivity index (χ0v) is 15.5. The summed E-state index contributed by atoms with van der Waals surface area (Å²) in [6.07, 6.45) is 1.82. The quantitative estimate of drug-likeness (QED) is 0.658. The fourth-order valence-corrected chi connectivity index (χ4v) is 3.56. The molecular formula is C20H20N2O3S. The second-order valence-electron chi connectivity index (χ2n) is 5.50. The van der Waals surface area contributed by atoms with Gasteiger partial charge in [0.25, 0.3) is 0 Å². The molecule has 1 aromatic heterocycles. The topological polar surface area (TPSA) is 56.0 Å². The minimum atomic E-state index is 0.188. The zero-order valence-electron chi connectivity index (χ0n) is 14.7. The van der Waals surface area contributed by atoms with Crippen LogP contribution < -0.4 is 14.3 Å². The molecule has 0 atom stereocenters. The van der Waals surface area contributed by atoms with Gasteiger partial charge in [0.05, 0.1) is 25.6 Å². The van der Waals surface area contributed by atoms with Gasteiger partial charge in [0.1, 0.15) is 17.2 Å². The number of aromatic nitrogens is 1. The zero-order chi connectivity index (χ0) is 18.5. The molecule has 0 fully saturated rings. The minimum absolute atomic E-state index is 0.188. The number of benzene rings is 2. The highest BCUT2D eigenvalue weighted by molar-refractivity contribution is 7.07. The Bertz CT molecular complexity index is 989. The Morgan fingerprint density at radius 3 is 2.73 bits per heavy atom. The van der Waals surface area contributed by atoms with Crippen molar-refractivity contribution in [3.05, 3.63) is 65.3 Å². The largest absolute Gasteiger partial charge is 0.508 e. The van der Waals surface area contributed by atoms with E-state index in [1.807, 2.05) is 35.7 Å². The van der Waals surface area contributed by atoms with Gasteiger partial charge >= 0.3 is 0 Å². The average Bonchev–Trinajstić information content (AvgIpc) is 3.04. The Morgan fingerprint density at radius 1 is 1.19 bits per heavy atom. The van der Waals surface area contributed by atoms with Crippen molar-refractivity contribution in [3.63, 3.8) is 0 Å². The highest BCUT2D eigenvalue weighted by atomic mass is 32.1. The molecular weight excluding hydrogens is 348 g/mol. The highest BCUT2D eigenvalue weighted by Gasteiger charge is 2.13. The fourth-order valence-electron chi connectivity index (χ4n) is 2.63. The van der Waals surface area contributed by atoms with Gasteiger partial charge in [0.2, 0.25) is 0 Å². The normalized spacial score (nSPS) is 11.4. The second kappa shape index (κ2) is 7.93. The summed E-state index contributed by atoms with van der Waals surface area (Å²) in [6, 6.07) is 12.6. The van der Waals surface area contributed by atoms with E-state index < -0.39 is 0 Å². The number of aromatic hydroxyl groups is 1. The lowest BCUT2D eigenvalue weighted by molar-refractivity contribution is 0.404. The third kappa shape index (κ3) is 3.65. The monoisotopic (exact) mass is 368 g/mol. The molecule has 0 saturated heterocycles. The Labute approximate surface area is 156 Å². The maximum Gasteiger partial charge on any atom is 0.190 e. The summed E-state index contributed by atoms with van der Waals surface area (Å²) in [4.78, 5) is 5.47. The Morgan fingerprint density at radius 2 is 2.04 bits per heavy atom. The molecule has 6 heteroatoms. The maximum absolute atomic E-state index is 9.66. The third-order valence-corrected chi connectivity index (χ3v) is 4.71. The lowest BCUT2D eigenvalue weighted by atomic mass is 10.1. The first-order valence-corrected chi connectivity index (χ1v) is 8.89. The molecule has 2 aromatic carbocycles. The predicted octanol–water partition coefficient (Wildman–Crippen LogP) is 4.36. The van der Waals surface area contributed by atoms with Crippen LogP contribution in [0.25, 0.3) is 11.3 Å². The van der Waals surface area contributed by atoms with E-state index in [9.17, 15) is 5.11 Å². The third-order valence-electron chi connectivity index (χ3n) is 3.85. The number of nitrogens with zero attached hydrogens (tertiary/aromatic N) is 2. The molecule has 5 nitrogen and oxygen atoms in total. The molecule has 0 unspecified atom stereocenters. The molecule has 0 amide bonds. The standard InChI is InChI=1S/C20H20N2O3S/c1-4-10-22-18(17-12-16(24-2)8-9-19(17)25-3)13-26-20(22)21-14-6-5-7-15(23)11-14/h4-9,11-13,23H,1,10H2,2-3H3. The SMILES string of the molecule is C=CCn1c(-c2cc(OC)ccc2OC)csc1=Nc1cccc(O)c1. The second-order valence-corrected chi connectivity index (χ2v) is 6.34. The van der Waals surface area contributed by atoms with E-state index in [1.54, 1.807) is 32.4 Å². The first-order chi connectivity index (χ1) is 12.7. The number of allylic oxidation sites excluding steroid dienone is 1. The van der Waals surface area contributed by atoms with Gasteiger partial charge in [-0.05, 0) is 30.3 Å². The van der Waals surface area contributed by atoms with Crippen LogP contribution in [0.1, 0.15) is 0 Å². The average molecular weight is 368 g/mol. The lowest BCUT2D eigenvalue weighted by Crippen LogP contribution is -2.15. The van der Waals surface area contributed by atoms with Crippen LogP contribution in [0, 0.1) is 0 Å². The molecule has 134 valence electrons. The van der Waals surface area contributed by atoms with Gasteiger partial charge in [0.15, 0.2) is 4.80 Å². The molecule has 0 saturated carbocycles. The van der Waals surface area contributed by atoms with Crippen molar-refractivity contribution >= 4 is 17.0 Å². The molecule has 3 aromatic rings. The summed E-state index contributed by atoms with van der Waals surface area (Å²) < 4.78 is 12.9. The van der Waals surface area contributed by atoms with Crippen molar-refractivity contribution in [2.24, 2.45) is 4.99 Å². The lowest BCUT2D eigenvalue weighted by Gasteiger charge is -2.12. The van der Waals surface area contributed by atoms with Gasteiger partial charge < -0.3 is 19.1 Å². The number of thiazole rings is 1. The van der Waals surface area contributed by atoms with Crippen LogP contribution in [0.5, 0.6) is 17.2 Å². The van der Waals surface area contributed by atoms with Crippen molar-refractivity contribution in [1.82, 2.24) is 4.57 Å². The minimum Gasteiger partial charge on any atom is -0.508 e. The van der Waals surface area contributed by atoms with E-state index in [4.69, 9.17) is 9.47 Å². The summed E-state index contributed by atoms with van der Waals surface area (Å²) in [7, 11) is 3.28. The van der Waals surface area contributed by atoms with Gasteiger partial charge in [-0.3, -0.25) is 0 Å². The highest BCUT2D eigenvalue weighted by Crippen LogP contribution is 2.34. The van der Waals surface area contributed by atoms with Crippen molar-refractivity contribution in [2.75, 3.05) is 14.2 Å². The number of methoxy groups -OCH3 is 2. The Balaban J connectivity index is 2.18. The summed E-state index contributed by atoms with van der Waals surface area (Å²) in [5, 5.41) is 11.7. The number of phenols is 1. The maximum atomic E-state index is 9.66. The first kappa shape index (κ1) is 17.8. The van der Waals surface area contributed by atoms with E-state index in [0.717, 1.165) is 27.6 Å². The van der Waals surface area contributed by atoms with Gasteiger partial charge in [-0.1, -0.05) is 12.1 Å². The van der Waals surface area contributed by atoms with Crippen LogP contribution >= 0.6 is 11.3 Å². The van der Waals surface area contributed by atoms with E-state index >= 15 is 0 Å². The van der Waals surface area contributed by atoms with Gasteiger partial charge in [-0.15, -0.1) is 17.9 Å². The summed E-state index contributed by atoms with van der Waals surface area (Å²) in [5.74, 6) is 1.70. The predicted molar refractivity (Wildman–Crippen MR) is 104 cm³/mol. The summed E-state index contributed by atoms with van der Waals surface area (Å²) >= 11 is 1.51. The molecule has 0 radical (unpaired) electrons. The molecule has 1 N–H and O–H groups in total. The van der Waals surface area contributed by atoms with E-state index in [1.165, 1.54) is 11.3 Å². The van der Waals surface area contributed by atoms with E-state index in [2.05, 4.69) is 16.1 Å². The molecule has 1 heterocycles. The van der Waals surface area contributed by atoms with Gasteiger partial charge in [-0.2, -0.15) is 0 Å². The number of hydrogen-bond donors (Lipinski definition) is 1. The van der Waals surface area contributed by atoms with Crippen molar-refractivity contribution in [2.45, 2.75) is 6.54 Å². The van der Waals surface area contributed by atoms with Crippen LogP contribution in [0.3, 0.4) is 0 Å². The van der Waals surface area contributed by atoms with Crippen LogP contribution in [0.15, 0.2) is 65.5 Å². The summed E-state index contributed by atoms with van der Waals surface area (Å²) in [5.41, 5.74) is 2.57. The van der Waals surface area contributed by atoms with Crippen molar-refractivity contribution < 1.29 is 14.6 Å². The molecule has 0 aliphatic rings. The van der Waals surface area contributed by atoms with E-state index in [0.29, 0.717) is 12.2 Å². The Kier molecular flexibility index (Phi) is 5.43. The molecule has 0 spiro atoms. The van der Waals surface area contributed by atoms with Crippen molar-refractivity contribution in [1.29, 1.82) is 0 Å². The first-order valence-electron chi connectivity index (χ1n) is 8.01. The fraction of sp³-hybridized carbons (Fsp3) is 0.150. The van der Waals surface area contributed by atoms with Gasteiger partial charge in [-0.25, -0.2) is 4.99 Å². The van der Waals surface area contributed by atoms with Crippen LogP contribution in [-0.4, -0.2) is 23.9 Å². The Hall–Kier alpha value is -2.99. The summed E-state index contributed by atoms with van der Waals surface area (Å²) in [6.45, 7) is 4.45. The van der Waals surface area contributed by atoms with Crippen molar-refractivity contribution in [3.8, 4) is 28.5 Å². The molecule has 0 aliphatic carbocycles.